The summed E-state index contributed by atoms with van der Waals surface area (Å²) in [6.07, 6.45) is 7.02. The maximum atomic E-state index is 12.4. The largest absolute Gasteiger partial charge is 0.341 e. The second kappa shape index (κ2) is 4.39. The first-order chi connectivity index (χ1) is 8.71. The molecule has 1 amide bonds. The highest BCUT2D eigenvalue weighted by atomic mass is 16.2. The first-order valence-electron chi connectivity index (χ1n) is 6.65. The Bertz CT molecular complexity index is 422. The molecule has 1 atom stereocenters. The lowest BCUT2D eigenvalue weighted by atomic mass is 9.91. The Morgan fingerprint density at radius 1 is 1.56 bits per heavy atom. The van der Waals surface area contributed by atoms with Gasteiger partial charge in [0.15, 0.2) is 0 Å². The third-order valence-corrected chi connectivity index (χ3v) is 4.44. The molecule has 1 aromatic rings. The van der Waals surface area contributed by atoms with Crippen molar-refractivity contribution in [2.24, 2.45) is 11.3 Å². The van der Waals surface area contributed by atoms with Crippen LogP contribution < -0.4 is 5.32 Å². The van der Waals surface area contributed by atoms with Crippen LogP contribution in [0.1, 0.15) is 24.8 Å². The van der Waals surface area contributed by atoms with E-state index in [9.17, 15) is 4.79 Å². The predicted octanol–water partition coefficient (Wildman–Crippen LogP) is 0.758. The first kappa shape index (κ1) is 11.7. The van der Waals surface area contributed by atoms with Gasteiger partial charge < -0.3 is 10.2 Å². The summed E-state index contributed by atoms with van der Waals surface area (Å²) in [7, 11) is 1.89. The molecule has 2 fully saturated rings. The Morgan fingerprint density at radius 2 is 2.33 bits per heavy atom. The molecule has 0 aromatic carbocycles. The van der Waals surface area contributed by atoms with Gasteiger partial charge in [0.2, 0.25) is 5.91 Å². The van der Waals surface area contributed by atoms with Crippen LogP contribution in [-0.2, 0) is 11.3 Å². The Kier molecular flexibility index (Phi) is 2.86. The van der Waals surface area contributed by atoms with E-state index in [2.05, 4.69) is 15.5 Å². The summed E-state index contributed by atoms with van der Waals surface area (Å²) in [6, 6.07) is 0. The Morgan fingerprint density at radius 3 is 3.00 bits per heavy atom. The van der Waals surface area contributed by atoms with Crippen LogP contribution >= 0.6 is 0 Å². The van der Waals surface area contributed by atoms with Gasteiger partial charge in [-0.25, -0.2) is 0 Å². The molecule has 1 aliphatic heterocycles. The molecule has 5 nitrogen and oxygen atoms in total. The van der Waals surface area contributed by atoms with Crippen molar-refractivity contribution >= 4 is 5.91 Å². The molecular weight excluding hydrogens is 228 g/mol. The van der Waals surface area contributed by atoms with Crippen molar-refractivity contribution in [1.82, 2.24) is 20.4 Å². The molecule has 0 bridgehead atoms. The topological polar surface area (TPSA) is 61.0 Å². The standard InChI is InChI=1S/C13H20N4O/c1-17(9-10-7-15-16-8-10)12(18)11-6-13(11)2-4-14-5-3-13/h7-8,11,14H,2-6,9H2,1H3,(H,15,16). The van der Waals surface area contributed by atoms with Crippen LogP contribution in [0.3, 0.4) is 0 Å². The molecule has 1 saturated heterocycles. The zero-order valence-electron chi connectivity index (χ0n) is 10.8. The molecule has 1 aromatic heterocycles. The smallest absolute Gasteiger partial charge is 0.226 e. The summed E-state index contributed by atoms with van der Waals surface area (Å²) in [5.41, 5.74) is 1.39. The number of rotatable bonds is 3. The van der Waals surface area contributed by atoms with Crippen LogP contribution in [0.25, 0.3) is 0 Å². The van der Waals surface area contributed by atoms with Crippen molar-refractivity contribution < 1.29 is 4.79 Å². The highest BCUT2D eigenvalue weighted by Crippen LogP contribution is 2.59. The van der Waals surface area contributed by atoms with Crippen molar-refractivity contribution in [2.75, 3.05) is 20.1 Å². The number of carbonyl (C=O) groups excluding carboxylic acids is 1. The Hall–Kier alpha value is -1.36. The molecule has 2 heterocycles. The van der Waals surface area contributed by atoms with E-state index in [1.807, 2.05) is 18.1 Å². The maximum absolute atomic E-state index is 12.4. The number of amides is 1. The lowest BCUT2D eigenvalue weighted by Gasteiger charge is -2.25. The number of hydrogen-bond acceptors (Lipinski definition) is 3. The number of hydrogen-bond donors (Lipinski definition) is 2. The first-order valence-corrected chi connectivity index (χ1v) is 6.65. The normalized spacial score (nSPS) is 25.1. The maximum Gasteiger partial charge on any atom is 0.226 e. The molecule has 5 heteroatoms. The molecule has 98 valence electrons. The predicted molar refractivity (Wildman–Crippen MR) is 67.7 cm³/mol. The van der Waals surface area contributed by atoms with Gasteiger partial charge in [-0.15, -0.1) is 0 Å². The molecule has 1 saturated carbocycles. The van der Waals surface area contributed by atoms with Gasteiger partial charge in [0, 0.05) is 31.3 Å². The number of aromatic amines is 1. The molecule has 2 N–H and O–H groups in total. The van der Waals surface area contributed by atoms with Crippen molar-refractivity contribution in [3.63, 3.8) is 0 Å². The number of carbonyl (C=O) groups is 1. The van der Waals surface area contributed by atoms with E-state index in [-0.39, 0.29) is 5.92 Å². The van der Waals surface area contributed by atoms with E-state index in [0.717, 1.165) is 37.9 Å². The van der Waals surface area contributed by atoms with Gasteiger partial charge in [-0.1, -0.05) is 0 Å². The van der Waals surface area contributed by atoms with E-state index in [1.165, 1.54) is 0 Å². The third kappa shape index (κ3) is 2.03. The van der Waals surface area contributed by atoms with E-state index in [0.29, 0.717) is 17.9 Å². The van der Waals surface area contributed by atoms with Crippen LogP contribution in [0.15, 0.2) is 12.4 Å². The van der Waals surface area contributed by atoms with E-state index in [4.69, 9.17) is 0 Å². The summed E-state index contributed by atoms with van der Waals surface area (Å²) in [5.74, 6) is 0.564. The molecule has 1 unspecified atom stereocenters. The van der Waals surface area contributed by atoms with Crippen molar-refractivity contribution in [1.29, 1.82) is 0 Å². The fraction of sp³-hybridized carbons (Fsp3) is 0.692. The molecule has 18 heavy (non-hydrogen) atoms. The van der Waals surface area contributed by atoms with Gasteiger partial charge in [0.25, 0.3) is 0 Å². The SMILES string of the molecule is CN(Cc1cn[nH]c1)C(=O)C1CC12CCNCC2. The molecule has 1 aliphatic carbocycles. The monoisotopic (exact) mass is 248 g/mol. The summed E-state index contributed by atoms with van der Waals surface area (Å²) in [4.78, 5) is 14.2. The van der Waals surface area contributed by atoms with Gasteiger partial charge in [0.1, 0.15) is 0 Å². The van der Waals surface area contributed by atoms with Crippen LogP contribution in [0.4, 0.5) is 0 Å². The lowest BCUT2D eigenvalue weighted by molar-refractivity contribution is -0.132. The van der Waals surface area contributed by atoms with Crippen LogP contribution in [-0.4, -0.2) is 41.1 Å². The number of aromatic nitrogens is 2. The van der Waals surface area contributed by atoms with Gasteiger partial charge >= 0.3 is 0 Å². The summed E-state index contributed by atoms with van der Waals surface area (Å²) in [6.45, 7) is 2.78. The van der Waals surface area contributed by atoms with Gasteiger partial charge in [-0.3, -0.25) is 9.89 Å². The molecular formula is C13H20N4O. The molecule has 3 rings (SSSR count). The van der Waals surface area contributed by atoms with Gasteiger partial charge in [0.05, 0.1) is 6.20 Å². The van der Waals surface area contributed by atoms with Crippen LogP contribution in [0.2, 0.25) is 0 Å². The second-order valence-corrected chi connectivity index (χ2v) is 5.67. The number of nitrogens with one attached hydrogen (secondary N) is 2. The Labute approximate surface area is 107 Å². The van der Waals surface area contributed by atoms with E-state index in [1.54, 1.807) is 6.20 Å². The highest BCUT2D eigenvalue weighted by molar-refractivity contribution is 5.82. The number of H-pyrrole nitrogens is 1. The fourth-order valence-corrected chi connectivity index (χ4v) is 3.16. The third-order valence-electron chi connectivity index (χ3n) is 4.44. The second-order valence-electron chi connectivity index (χ2n) is 5.67. The lowest BCUT2D eigenvalue weighted by Crippen LogP contribution is -2.34. The quantitative estimate of drug-likeness (QED) is 0.830. The Balaban J connectivity index is 1.58. The molecule has 2 aliphatic rings. The van der Waals surface area contributed by atoms with Gasteiger partial charge in [-0.2, -0.15) is 5.10 Å². The highest BCUT2D eigenvalue weighted by Gasteiger charge is 2.58. The zero-order valence-corrected chi connectivity index (χ0v) is 10.8. The number of nitrogens with zero attached hydrogens (tertiary/aromatic N) is 2. The average Bonchev–Trinajstić information content (AvgIpc) is 2.84. The van der Waals surface area contributed by atoms with Crippen molar-refractivity contribution in [3.05, 3.63) is 18.0 Å². The fourth-order valence-electron chi connectivity index (χ4n) is 3.16. The van der Waals surface area contributed by atoms with E-state index >= 15 is 0 Å². The van der Waals surface area contributed by atoms with Crippen molar-refractivity contribution in [3.8, 4) is 0 Å². The minimum atomic E-state index is 0.261. The molecule has 1 spiro atoms. The number of piperidine rings is 1. The molecule has 0 radical (unpaired) electrons. The van der Waals surface area contributed by atoms with Crippen LogP contribution in [0.5, 0.6) is 0 Å². The minimum Gasteiger partial charge on any atom is -0.341 e. The van der Waals surface area contributed by atoms with Gasteiger partial charge in [-0.05, 0) is 37.8 Å². The summed E-state index contributed by atoms with van der Waals surface area (Å²) >= 11 is 0. The minimum absolute atomic E-state index is 0.261. The van der Waals surface area contributed by atoms with Crippen molar-refractivity contribution in [2.45, 2.75) is 25.8 Å². The summed E-state index contributed by atoms with van der Waals surface area (Å²) in [5, 5.41) is 10.1. The van der Waals surface area contributed by atoms with E-state index < -0.39 is 0 Å². The van der Waals surface area contributed by atoms with Crippen LogP contribution in [0, 0.1) is 11.3 Å². The zero-order chi connectivity index (χ0) is 12.6. The summed E-state index contributed by atoms with van der Waals surface area (Å²) < 4.78 is 0. The average molecular weight is 248 g/mol.